The van der Waals surface area contributed by atoms with Crippen molar-refractivity contribution in [3.63, 3.8) is 0 Å². The van der Waals surface area contributed by atoms with E-state index >= 15 is 0 Å². The molecule has 0 aromatic carbocycles. The number of aromatic amines is 2. The lowest BCUT2D eigenvalue weighted by atomic mass is 9.95. The number of Topliss-reactive ketones (excluding diaryl/α,β-unsaturated/α-hetero) is 1. The number of hydrogen-bond acceptors (Lipinski definition) is 29. The van der Waals surface area contributed by atoms with Crippen LogP contribution in [0.1, 0.15) is 48.9 Å². The van der Waals surface area contributed by atoms with Crippen LogP contribution in [0.2, 0.25) is 0 Å². The zero-order valence-electron chi connectivity index (χ0n) is 43.1. The highest BCUT2D eigenvalue weighted by Crippen LogP contribution is 2.68. The predicted octanol–water partition coefficient (Wildman–Crippen LogP) is -1.13. The van der Waals surface area contributed by atoms with Crippen LogP contribution >= 0.6 is 43.1 Å². The number of aliphatic hydroxyl groups is 3. The number of nitrogen functional groups attached to an aromatic ring is 2. The maximum atomic E-state index is 13.8. The van der Waals surface area contributed by atoms with E-state index in [0.717, 1.165) is 33.5 Å². The number of anilines is 2. The second kappa shape index (κ2) is 24.0. The fourth-order valence-electron chi connectivity index (χ4n) is 9.59. The fraction of sp³-hybridized carbons (Fsp3) is 0.605. The number of ketones is 1. The number of aryl methyl sites for hydroxylation is 1. The molecule has 17 atom stereocenters. The highest BCUT2D eigenvalue weighted by molar-refractivity contribution is 8.00. The normalized spacial score (nSPS) is 30.5. The Morgan fingerprint density at radius 2 is 1.32 bits per heavy atom. The third-order valence-electron chi connectivity index (χ3n) is 13.4. The van der Waals surface area contributed by atoms with E-state index in [1.165, 1.54) is 17.9 Å². The van der Waals surface area contributed by atoms with Crippen molar-refractivity contribution in [2.24, 2.45) is 29.6 Å². The van der Waals surface area contributed by atoms with Gasteiger partial charge in [-0.05, 0) is 6.42 Å². The number of rotatable bonds is 22. The topological polar surface area (TPSA) is 546 Å². The number of imidazole rings is 3. The zero-order valence-corrected chi connectivity index (χ0v) is 47.5. The molecule has 5 aromatic rings. The van der Waals surface area contributed by atoms with Gasteiger partial charge >= 0.3 is 42.4 Å². The molecule has 0 bridgehead atoms. The average Bonchev–Trinajstić information content (AvgIpc) is 2.08. The summed E-state index contributed by atoms with van der Waals surface area (Å²) in [6, 6.07) is 0. The van der Waals surface area contributed by atoms with E-state index in [2.05, 4.69) is 43.5 Å². The van der Waals surface area contributed by atoms with Gasteiger partial charge in [-0.15, -0.1) is 0 Å². The Morgan fingerprint density at radius 3 is 1.96 bits per heavy atom. The summed E-state index contributed by atoms with van der Waals surface area (Å²) in [6.07, 6.45) is -15.8. The highest BCUT2D eigenvalue weighted by Gasteiger charge is 2.55. The van der Waals surface area contributed by atoms with Gasteiger partial charge in [0.1, 0.15) is 48.6 Å². The first kappa shape index (κ1) is 63.5. The van der Waals surface area contributed by atoms with E-state index in [4.69, 9.17) is 54.2 Å². The summed E-state index contributed by atoms with van der Waals surface area (Å²) >= 11 is -0.629. The molecule has 15 N–H and O–H groups in total. The highest BCUT2D eigenvalue weighted by atomic mass is 32.2. The SMILES string of the molecule is CCC1CC(N)=Nc2c(ncn2[C@@H]2O[C@H](COP(=O)(O)O[C@H]3[C@@H](OC)[C@H](n4cnc5c(=O)[nH]c(N)nc54)O[C@@H]3COP(=O)(O)OP(=O)(O)OP(=O)(O)OC[C@H]3OC(n4c[n+](C)c5c(=O)[nH]c(N)nc54)[C@H](O)[C@@H]3CSC(F)(F)F)[C@@H](O)[C@H]2O)C1=O. The quantitative estimate of drug-likeness (QED) is 0.0288. The van der Waals surface area contributed by atoms with Crippen LogP contribution < -0.4 is 32.9 Å². The number of H-pyrrole nitrogens is 2. The van der Waals surface area contributed by atoms with E-state index in [1.54, 1.807) is 6.92 Å². The summed E-state index contributed by atoms with van der Waals surface area (Å²) < 4.78 is 150. The van der Waals surface area contributed by atoms with E-state index in [9.17, 15) is 80.7 Å². The number of phosphoric ester groups is 3. The molecule has 0 spiro atoms. The number of methoxy groups -OCH3 is 1. The number of carbonyl (C=O) groups excluding carboxylic acids is 1. The molecule has 6 unspecified atom stereocenters. The minimum atomic E-state index is -6.36. The van der Waals surface area contributed by atoms with Gasteiger partial charge in [-0.2, -0.15) is 36.3 Å². The van der Waals surface area contributed by atoms with Crippen LogP contribution in [0.25, 0.3) is 22.3 Å². The molecule has 4 aliphatic rings. The smallest absolute Gasteiger partial charge is 0.387 e. The van der Waals surface area contributed by atoms with Crippen LogP contribution in [0.15, 0.2) is 33.6 Å². The lowest BCUT2D eigenvalue weighted by molar-refractivity contribution is -0.646. The lowest BCUT2D eigenvalue weighted by Crippen LogP contribution is -2.38. The summed E-state index contributed by atoms with van der Waals surface area (Å²) in [5.74, 6) is -4.43. The molecule has 0 saturated carbocycles. The fourth-order valence-corrected chi connectivity index (χ4v) is 14.9. The number of nitrogens with one attached hydrogen (secondary N) is 2. The van der Waals surface area contributed by atoms with Gasteiger partial charge in [0.2, 0.25) is 24.5 Å². The molecule has 9 heterocycles. The van der Waals surface area contributed by atoms with Crippen molar-refractivity contribution in [3.05, 3.63) is 45.4 Å². The van der Waals surface area contributed by atoms with Crippen LogP contribution in [0.3, 0.4) is 0 Å². The van der Waals surface area contributed by atoms with Crippen molar-refractivity contribution in [2.75, 3.05) is 44.2 Å². The summed E-state index contributed by atoms with van der Waals surface area (Å²) in [7, 11) is -21.7. The third kappa shape index (κ3) is 13.4. The van der Waals surface area contributed by atoms with Crippen LogP contribution in [0, 0.1) is 11.8 Å². The number of aliphatic imine (C=N–C) groups is 1. The number of aliphatic hydroxyl groups excluding tert-OH is 3. The van der Waals surface area contributed by atoms with E-state index < -0.39 is 182 Å². The van der Waals surface area contributed by atoms with Crippen molar-refractivity contribution in [3.8, 4) is 0 Å². The Morgan fingerprint density at radius 1 is 0.750 bits per heavy atom. The molecule has 464 valence electrons. The summed E-state index contributed by atoms with van der Waals surface area (Å²) in [4.78, 5) is 106. The number of amidine groups is 1. The molecule has 3 fully saturated rings. The molecule has 38 nitrogen and oxygen atoms in total. The molecule has 9 rings (SSSR count). The molecular weight excluding hydrogens is 1250 g/mol. The van der Waals surface area contributed by atoms with Crippen LogP contribution in [-0.2, 0) is 71.0 Å². The first-order valence-corrected chi connectivity index (χ1v) is 31.2. The van der Waals surface area contributed by atoms with Gasteiger partial charge in [-0.25, -0.2) is 37.8 Å². The van der Waals surface area contributed by atoms with Crippen LogP contribution in [0.5, 0.6) is 0 Å². The number of halogens is 3. The Labute approximate surface area is 470 Å². The number of hydrogen-bond donors (Lipinski definition) is 12. The largest absolute Gasteiger partial charge is 0.490 e. The van der Waals surface area contributed by atoms with E-state index in [-0.39, 0.29) is 46.1 Å². The second-order valence-electron chi connectivity index (χ2n) is 18.9. The molecular formula is C38H52F3N14O24P4S+. The molecule has 84 heavy (non-hydrogen) atoms. The first-order chi connectivity index (χ1) is 39.2. The van der Waals surface area contributed by atoms with Crippen LogP contribution in [-0.4, -0.2) is 177 Å². The molecule has 46 heteroatoms. The van der Waals surface area contributed by atoms with Gasteiger partial charge in [0.15, 0.2) is 40.9 Å². The molecule has 0 aliphatic carbocycles. The van der Waals surface area contributed by atoms with Crippen molar-refractivity contribution in [1.29, 1.82) is 0 Å². The summed E-state index contributed by atoms with van der Waals surface area (Å²) in [6.45, 7) is -1.94. The molecule has 3 saturated heterocycles. The number of aromatic nitrogens is 10. The number of fused-ring (bicyclic) bond motifs is 3. The number of ether oxygens (including phenoxy) is 4. The number of alkyl halides is 3. The van der Waals surface area contributed by atoms with Crippen molar-refractivity contribution in [1.82, 2.24) is 43.6 Å². The number of nitrogens with zero attached hydrogens (tertiary/aromatic N) is 9. The lowest BCUT2D eigenvalue weighted by Gasteiger charge is -2.26. The average molecular weight is 1300 g/mol. The molecule has 4 aliphatic heterocycles. The standard InChI is InChI=1S/C38H51F3N14O24P4S/c1-4-13-5-18(42)47-28-19(22(13)56)45-10-53(28)34-25(59)24(58)16(75-34)7-71-80(62,63)77-26-17(76-35(27(26)70-3)54-11-46-20-29(54)48-36(43)50-31(20)60)8-73-82(66,67)79-83(68,69)78-81(64,65)72-6-15-14(9-84-38(39,40)41)23(57)33(74-15)55-12-52(2)21-30(55)49-37(44)51-32(21)61/h10-17,23-27,33-35,57-59H,4-9H2,1-3H3,(H11-,42,43,44,47,48,49,50,51,56,60,61,62,63,64,65,66,67,68,69)/p+1/t13?,14-,15-,16-,17-,23-,24-,25-,26-,27-,33?,34-,35-/m1/s1. The maximum absolute atomic E-state index is 13.8. The third-order valence-corrected chi connectivity index (χ3v) is 19.5. The van der Waals surface area contributed by atoms with Gasteiger partial charge in [-0.1, -0.05) is 18.7 Å². The van der Waals surface area contributed by atoms with Gasteiger partial charge < -0.3 is 71.0 Å². The Kier molecular flexibility index (Phi) is 18.1. The Balaban J connectivity index is 0.884. The van der Waals surface area contributed by atoms with Gasteiger partial charge in [0.05, 0.1) is 45.6 Å². The number of nitrogens with two attached hydrogens (primary N) is 3. The Bertz CT molecular complexity index is 3680. The van der Waals surface area contributed by atoms with Gasteiger partial charge in [-0.3, -0.25) is 51.6 Å². The van der Waals surface area contributed by atoms with E-state index in [1.807, 2.05) is 0 Å². The van der Waals surface area contributed by atoms with E-state index in [0.29, 0.717) is 6.42 Å². The number of thioether (sulfide) groups is 1. The summed E-state index contributed by atoms with van der Waals surface area (Å²) in [5, 5.41) is 33.3. The minimum Gasteiger partial charge on any atom is -0.387 e. The predicted molar refractivity (Wildman–Crippen MR) is 271 cm³/mol. The van der Waals surface area contributed by atoms with Crippen molar-refractivity contribution in [2.45, 2.75) is 92.8 Å². The second-order valence-corrected chi connectivity index (χ2v) is 26.0. The van der Waals surface area contributed by atoms with Gasteiger partial charge in [0, 0.05) is 31.1 Å². The van der Waals surface area contributed by atoms with Crippen molar-refractivity contribution >= 4 is 94.7 Å². The number of phosphoric acid groups is 4. The minimum absolute atomic E-state index is 0.0595. The number of carbonyl (C=O) groups is 1. The summed E-state index contributed by atoms with van der Waals surface area (Å²) in [5.41, 5.74) is 9.94. The molecule has 5 aromatic heterocycles. The Hall–Kier alpha value is -4.97. The zero-order chi connectivity index (χ0) is 61.3. The maximum Gasteiger partial charge on any atom is 0.490 e. The molecule has 0 radical (unpaired) electrons. The van der Waals surface area contributed by atoms with Gasteiger partial charge in [0.25, 0.3) is 16.7 Å². The first-order valence-electron chi connectivity index (χ1n) is 24.2. The molecule has 0 amide bonds. The van der Waals surface area contributed by atoms with Crippen molar-refractivity contribution < 1.29 is 121 Å². The monoisotopic (exact) mass is 1300 g/mol. The van der Waals surface area contributed by atoms with Crippen LogP contribution in [0.4, 0.5) is 30.9 Å².